The van der Waals surface area contributed by atoms with Gasteiger partial charge in [0.25, 0.3) is 0 Å². The summed E-state index contributed by atoms with van der Waals surface area (Å²) in [6, 6.07) is -1.00. The van der Waals surface area contributed by atoms with E-state index in [2.05, 4.69) is 12.1 Å². The molecule has 0 atom stereocenters. The van der Waals surface area contributed by atoms with Crippen LogP contribution in [0.2, 0.25) is 0 Å². The molecule has 0 bridgehead atoms. The summed E-state index contributed by atoms with van der Waals surface area (Å²) in [5, 5.41) is 25.0. The molecule has 5 heterocycles. The molecule has 0 N–H and O–H groups in total. The van der Waals surface area contributed by atoms with Gasteiger partial charge in [0.2, 0.25) is 0 Å². The van der Waals surface area contributed by atoms with Crippen LogP contribution < -0.4 is 0 Å². The Bertz CT molecular complexity index is 6110. The molecule has 7 heteroatoms. The second-order valence-electron chi connectivity index (χ2n) is 16.5. The lowest BCUT2D eigenvalue weighted by Crippen LogP contribution is -2.16. The maximum atomic E-state index is 13.0. The van der Waals surface area contributed by atoms with E-state index in [4.69, 9.17) is 8.22 Å². The van der Waals surface area contributed by atoms with Crippen LogP contribution in [0.5, 0.6) is 0 Å². The van der Waals surface area contributed by atoms with Crippen LogP contribution in [-0.2, 0) is 0 Å². The van der Waals surface area contributed by atoms with E-state index in [1.807, 2.05) is 49.4 Å². The second kappa shape index (κ2) is 14.3. The van der Waals surface area contributed by atoms with Crippen LogP contribution in [0.3, 0.4) is 0 Å². The van der Waals surface area contributed by atoms with Gasteiger partial charge in [-0.2, -0.15) is 10.5 Å². The molecule has 0 aliphatic rings. The van der Waals surface area contributed by atoms with Crippen LogP contribution in [0, 0.1) is 29.6 Å². The maximum absolute atomic E-state index is 13.0. The largest absolute Gasteiger partial charge is 0.306 e. The molecule has 0 unspecified atom stereocenters. The highest BCUT2D eigenvalue weighted by atomic mass is 32.1. The third-order valence-electron chi connectivity index (χ3n) is 13.0. The van der Waals surface area contributed by atoms with Crippen molar-refractivity contribution in [3.63, 3.8) is 0 Å². The molecular formula is C63H36N6S. The average molecular weight is 933 g/mol. The Labute approximate surface area is 437 Å². The highest BCUT2D eigenvalue weighted by molar-refractivity contribution is 7.26. The van der Waals surface area contributed by atoms with Crippen LogP contribution in [0.15, 0.2) is 200 Å². The summed E-state index contributed by atoms with van der Waals surface area (Å²) in [4.78, 5) is 0. The van der Waals surface area contributed by atoms with Crippen molar-refractivity contribution in [2.24, 2.45) is 0 Å². The summed E-state index contributed by atoms with van der Waals surface area (Å²) in [7, 11) is 0. The molecule has 70 heavy (non-hydrogen) atoms. The van der Waals surface area contributed by atoms with Crippen molar-refractivity contribution in [2.75, 3.05) is 0 Å². The SMILES string of the molecule is [2H]c1c([2H])c([2H])c2c(c1[2H])c1c([2H])c([2H])c([2H])c([2H])c1n2-c1c(C#N)c(-n2c3c([2H])c([2H])c([2H])c([2H])c3c3c([2H])c([2H])c([2H])c([2H])c32)c(-n2c3ccc(C)cc3c3ccc4c5ccccc5sc4c32)c(C#N)c1-n1c2c([2H])c([2H])c([2H])c([2H])c2c2c([2H])c([2H])c([2H])c([2H])c21. The van der Waals surface area contributed by atoms with E-state index in [0.29, 0.717) is 26.4 Å². The molecule has 0 aliphatic carbocycles. The Balaban J connectivity index is 1.41. The number of nitriles is 2. The number of hydrogen-bond donors (Lipinski definition) is 0. The zero-order valence-corrected chi connectivity index (χ0v) is 36.6. The number of rotatable bonds is 4. The van der Waals surface area contributed by atoms with Crippen LogP contribution in [-0.4, -0.2) is 18.3 Å². The molecule has 0 radical (unpaired) electrons. The summed E-state index contributed by atoms with van der Waals surface area (Å²) in [5.74, 6) is 0. The van der Waals surface area contributed by atoms with Gasteiger partial charge in [0.1, 0.15) is 23.3 Å². The van der Waals surface area contributed by atoms with Gasteiger partial charge in [-0.1, -0.05) is 151 Å². The summed E-state index contributed by atoms with van der Waals surface area (Å²) >= 11 is 1.30. The van der Waals surface area contributed by atoms with Gasteiger partial charge in [0.05, 0.1) is 104 Å². The van der Waals surface area contributed by atoms with Gasteiger partial charge in [-0.25, -0.2) is 0 Å². The van der Waals surface area contributed by atoms with Crippen molar-refractivity contribution in [3.8, 4) is 34.9 Å². The molecule has 6 nitrogen and oxygen atoms in total. The normalized spacial score (nSPS) is 16.8. The molecule has 0 saturated carbocycles. The Morgan fingerprint density at radius 3 is 1.20 bits per heavy atom. The van der Waals surface area contributed by atoms with E-state index in [0.717, 1.165) is 23.8 Å². The first-order valence-corrected chi connectivity index (χ1v) is 22.3. The fourth-order valence-electron chi connectivity index (χ4n) is 10.3. The number of thiophene rings is 1. The number of aryl methyl sites for hydroxylation is 1. The minimum atomic E-state index is -0.975. The lowest BCUT2D eigenvalue weighted by atomic mass is 9.98. The molecule has 15 rings (SSSR count). The Kier molecular flexibility index (Phi) is 4.53. The summed E-state index contributed by atoms with van der Waals surface area (Å²) in [6.45, 7) is 1.81. The molecule has 15 aromatic rings. The smallest absolute Gasteiger partial charge is 0.104 e. The lowest BCUT2D eigenvalue weighted by Gasteiger charge is -2.27. The van der Waals surface area contributed by atoms with Crippen molar-refractivity contribution in [1.82, 2.24) is 18.3 Å². The van der Waals surface area contributed by atoms with E-state index >= 15 is 0 Å². The number of nitrogens with zero attached hydrogens (tertiary/aromatic N) is 6. The fourth-order valence-corrected chi connectivity index (χ4v) is 11.6. The Hall–Kier alpha value is -9.40. The molecule has 0 fully saturated rings. The van der Waals surface area contributed by atoms with Crippen LogP contribution in [0.1, 0.15) is 49.6 Å². The first-order chi connectivity index (χ1) is 44.6. The van der Waals surface area contributed by atoms with Gasteiger partial charge < -0.3 is 18.3 Å². The summed E-state index contributed by atoms with van der Waals surface area (Å²) in [5.41, 5.74) is -7.40. The van der Waals surface area contributed by atoms with Crippen molar-refractivity contribution >= 4 is 119 Å². The van der Waals surface area contributed by atoms with E-state index in [-0.39, 0.29) is 11.0 Å². The predicted octanol–water partition coefficient (Wildman–Crippen LogP) is 16.5. The number of hydrogen-bond acceptors (Lipinski definition) is 3. The zero-order valence-electron chi connectivity index (χ0n) is 59.8. The highest BCUT2D eigenvalue weighted by Gasteiger charge is 2.35. The summed E-state index contributed by atoms with van der Waals surface area (Å²) < 4.78 is 232. The number of para-hydroxylation sites is 6. The van der Waals surface area contributed by atoms with Crippen molar-refractivity contribution < 1.29 is 32.9 Å². The van der Waals surface area contributed by atoms with Gasteiger partial charge in [-0.05, 0) is 61.4 Å². The third kappa shape index (κ3) is 4.98. The van der Waals surface area contributed by atoms with Gasteiger partial charge in [-0.15, -0.1) is 11.3 Å². The third-order valence-corrected chi connectivity index (χ3v) is 14.2. The van der Waals surface area contributed by atoms with E-state index < -0.39 is 244 Å². The van der Waals surface area contributed by atoms with Crippen LogP contribution in [0.25, 0.3) is 130 Å². The van der Waals surface area contributed by atoms with Crippen molar-refractivity contribution in [1.29, 1.82) is 10.5 Å². The monoisotopic (exact) mass is 932 g/mol. The van der Waals surface area contributed by atoms with Gasteiger partial charge in [0.15, 0.2) is 0 Å². The topological polar surface area (TPSA) is 67.3 Å². The molecular weight excluding hydrogens is 873 g/mol. The average Bonchev–Trinajstić information content (AvgIpc) is 1.49. The summed E-state index contributed by atoms with van der Waals surface area (Å²) in [6.07, 6.45) is 0. The van der Waals surface area contributed by atoms with E-state index in [9.17, 15) is 35.2 Å². The number of benzene rings is 10. The number of aromatic nitrogens is 4. The molecule has 324 valence electrons. The van der Waals surface area contributed by atoms with Crippen molar-refractivity contribution in [3.05, 3.63) is 216 Å². The van der Waals surface area contributed by atoms with Crippen molar-refractivity contribution in [2.45, 2.75) is 6.92 Å². The van der Waals surface area contributed by atoms with E-state index in [1.165, 1.54) is 11.3 Å². The first-order valence-electron chi connectivity index (χ1n) is 33.5. The minimum Gasteiger partial charge on any atom is -0.306 e. The zero-order chi connectivity index (χ0) is 67.2. The van der Waals surface area contributed by atoms with Gasteiger partial charge >= 0.3 is 0 Å². The maximum Gasteiger partial charge on any atom is 0.104 e. The second-order valence-corrected chi connectivity index (χ2v) is 17.6. The van der Waals surface area contributed by atoms with Crippen LogP contribution >= 0.6 is 11.3 Å². The number of fused-ring (bicyclic) bond motifs is 16. The highest BCUT2D eigenvalue weighted by Crippen LogP contribution is 2.50. The predicted molar refractivity (Wildman–Crippen MR) is 291 cm³/mol. The van der Waals surface area contributed by atoms with Gasteiger partial charge in [-0.3, -0.25) is 0 Å². The van der Waals surface area contributed by atoms with E-state index in [1.54, 1.807) is 16.7 Å². The molecule has 0 aliphatic heterocycles. The standard InChI is InChI=1S/C63H36N6S/c1-37-30-33-56-47(34-37)45-31-32-46-44-22-8-15-29-57(44)70-63(46)62(45)69(56)61-49(36-65)59(67-52-25-11-4-18-40(52)41-19-5-12-26-53(41)67)58(66-50-23-9-2-16-38(50)39-17-3-10-24-51(39)66)48(35-64)60(61)68-54-27-13-6-20-42(54)43-21-7-14-28-55(43)68/h2-34H,1H3/i2D,3D,4D,5D,6D,7D,9D,10D,11D,12D,13D,14D,16D,17D,18D,19D,20D,21D,23D,24D,25D,26D,27D,28D. The molecule has 5 aromatic heterocycles. The molecule has 10 aromatic carbocycles. The Morgan fingerprint density at radius 1 is 0.386 bits per heavy atom. The molecule has 0 saturated heterocycles. The van der Waals surface area contributed by atoms with Gasteiger partial charge in [0, 0.05) is 58.6 Å². The van der Waals surface area contributed by atoms with Crippen LogP contribution in [0.4, 0.5) is 0 Å². The fraction of sp³-hybridized carbons (Fsp3) is 0.0159. The minimum absolute atomic E-state index is 0.224. The Morgan fingerprint density at radius 2 is 0.771 bits per heavy atom. The molecule has 0 spiro atoms. The first kappa shape index (κ1) is 22.1. The quantitative estimate of drug-likeness (QED) is 0.176. The molecule has 0 amide bonds. The lowest BCUT2D eigenvalue weighted by molar-refractivity contribution is 1.02.